The van der Waals surface area contributed by atoms with Crippen molar-refractivity contribution in [3.8, 4) is 22.6 Å². The first kappa shape index (κ1) is 43.2. The third-order valence-electron chi connectivity index (χ3n) is 8.60. The van der Waals surface area contributed by atoms with Gasteiger partial charge in [0.25, 0.3) is 0 Å². The summed E-state index contributed by atoms with van der Waals surface area (Å²) in [5.41, 5.74) is 8.20. The molecule has 0 spiro atoms. The van der Waals surface area contributed by atoms with Gasteiger partial charge in [-0.3, -0.25) is 0 Å². The van der Waals surface area contributed by atoms with Gasteiger partial charge in [-0.1, -0.05) is 151 Å². The van der Waals surface area contributed by atoms with Crippen molar-refractivity contribution in [3.63, 3.8) is 0 Å². The topological polar surface area (TPSA) is 52.6 Å². The van der Waals surface area contributed by atoms with Gasteiger partial charge in [0.2, 0.25) is 0 Å². The normalized spacial score (nSPS) is 14.2. The number of esters is 2. The molecule has 52 heavy (non-hydrogen) atoms. The molecular formula is C48H60O4. The Kier molecular flexibility index (Phi) is 19.5. The third kappa shape index (κ3) is 14.0. The summed E-state index contributed by atoms with van der Waals surface area (Å²) in [5, 5.41) is 0. The SMILES string of the molecule is CC.CC.CC.Cc1ccc(C(=O)Oc2ccc(C3CCC(C)CC3)cc2)cc1.Cc1ccc(OC(=O)c2ccc(-c3ccc(C)cc3)cc2)cc1. The summed E-state index contributed by atoms with van der Waals surface area (Å²) in [7, 11) is 0. The van der Waals surface area contributed by atoms with E-state index in [4.69, 9.17) is 9.47 Å². The molecule has 0 radical (unpaired) electrons. The predicted octanol–water partition coefficient (Wildman–Crippen LogP) is 13.8. The maximum Gasteiger partial charge on any atom is 0.343 e. The molecule has 4 heteroatoms. The van der Waals surface area contributed by atoms with E-state index >= 15 is 0 Å². The van der Waals surface area contributed by atoms with Crippen LogP contribution in [-0.4, -0.2) is 11.9 Å². The first-order chi connectivity index (χ1) is 25.2. The second-order valence-electron chi connectivity index (χ2n) is 12.4. The Morgan fingerprint density at radius 1 is 0.442 bits per heavy atom. The Bertz CT molecular complexity index is 1710. The number of carbonyl (C=O) groups excluding carboxylic acids is 2. The molecule has 0 saturated heterocycles. The van der Waals surface area contributed by atoms with Gasteiger partial charge in [-0.05, 0) is 111 Å². The van der Waals surface area contributed by atoms with E-state index in [1.165, 1.54) is 36.8 Å². The number of benzene rings is 5. The molecule has 0 aliphatic heterocycles. The molecule has 1 aliphatic carbocycles. The lowest BCUT2D eigenvalue weighted by Gasteiger charge is -2.26. The van der Waals surface area contributed by atoms with Gasteiger partial charge in [-0.2, -0.15) is 0 Å². The van der Waals surface area contributed by atoms with E-state index in [1.54, 1.807) is 36.4 Å². The first-order valence-electron chi connectivity index (χ1n) is 19.1. The molecule has 5 aromatic rings. The maximum absolute atomic E-state index is 12.2. The second kappa shape index (κ2) is 23.5. The number of hydrogen-bond acceptors (Lipinski definition) is 4. The van der Waals surface area contributed by atoms with Crippen LogP contribution in [0.3, 0.4) is 0 Å². The van der Waals surface area contributed by atoms with E-state index < -0.39 is 0 Å². The highest BCUT2D eigenvalue weighted by Crippen LogP contribution is 2.36. The van der Waals surface area contributed by atoms with Crippen molar-refractivity contribution in [1.82, 2.24) is 0 Å². The fraction of sp³-hybridized carbons (Fsp3) is 0.333. The van der Waals surface area contributed by atoms with Gasteiger partial charge < -0.3 is 9.47 Å². The van der Waals surface area contributed by atoms with Crippen molar-refractivity contribution in [3.05, 3.63) is 155 Å². The highest BCUT2D eigenvalue weighted by Gasteiger charge is 2.20. The lowest BCUT2D eigenvalue weighted by molar-refractivity contribution is 0.0725. The summed E-state index contributed by atoms with van der Waals surface area (Å²) in [6.07, 6.45) is 5.16. The minimum absolute atomic E-state index is 0.302. The van der Waals surface area contributed by atoms with Gasteiger partial charge in [0, 0.05) is 0 Å². The molecule has 4 nitrogen and oxygen atoms in total. The summed E-state index contributed by atoms with van der Waals surface area (Å²) in [4.78, 5) is 24.3. The van der Waals surface area contributed by atoms with Gasteiger partial charge in [-0.25, -0.2) is 9.59 Å². The van der Waals surface area contributed by atoms with Crippen LogP contribution in [0.4, 0.5) is 0 Å². The van der Waals surface area contributed by atoms with Gasteiger partial charge in [0.05, 0.1) is 11.1 Å². The fourth-order valence-corrected chi connectivity index (χ4v) is 5.57. The van der Waals surface area contributed by atoms with Crippen LogP contribution in [0.25, 0.3) is 11.1 Å². The smallest absolute Gasteiger partial charge is 0.343 e. The largest absolute Gasteiger partial charge is 0.423 e. The molecule has 0 heterocycles. The van der Waals surface area contributed by atoms with Crippen LogP contribution in [-0.2, 0) is 0 Å². The average molecular weight is 701 g/mol. The molecule has 6 rings (SSSR count). The van der Waals surface area contributed by atoms with Crippen LogP contribution in [0.2, 0.25) is 0 Å². The molecule has 0 bridgehead atoms. The summed E-state index contributed by atoms with van der Waals surface area (Å²) < 4.78 is 10.8. The van der Waals surface area contributed by atoms with Crippen molar-refractivity contribution in [1.29, 1.82) is 0 Å². The summed E-state index contributed by atoms with van der Waals surface area (Å²) >= 11 is 0. The van der Waals surface area contributed by atoms with Crippen molar-refractivity contribution in [2.24, 2.45) is 5.92 Å². The molecule has 0 N–H and O–H groups in total. The lowest BCUT2D eigenvalue weighted by Crippen LogP contribution is -2.11. The highest BCUT2D eigenvalue weighted by molar-refractivity contribution is 5.92. The minimum Gasteiger partial charge on any atom is -0.423 e. The third-order valence-corrected chi connectivity index (χ3v) is 8.60. The molecule has 5 aromatic carbocycles. The van der Waals surface area contributed by atoms with Crippen molar-refractivity contribution in [2.45, 2.75) is 101 Å². The van der Waals surface area contributed by atoms with Crippen LogP contribution in [0.15, 0.2) is 121 Å². The van der Waals surface area contributed by atoms with Gasteiger partial charge in [0.1, 0.15) is 11.5 Å². The highest BCUT2D eigenvalue weighted by atomic mass is 16.5. The zero-order valence-electron chi connectivity index (χ0n) is 33.2. The molecule has 1 aliphatic rings. The first-order valence-corrected chi connectivity index (χ1v) is 19.1. The quantitative estimate of drug-likeness (QED) is 0.131. The van der Waals surface area contributed by atoms with Gasteiger partial charge in [0.15, 0.2) is 0 Å². The Morgan fingerprint density at radius 2 is 0.750 bits per heavy atom. The lowest BCUT2D eigenvalue weighted by atomic mass is 9.79. The summed E-state index contributed by atoms with van der Waals surface area (Å²) in [6, 6.07) is 38.7. The van der Waals surface area contributed by atoms with Crippen LogP contribution in [0.1, 0.15) is 123 Å². The maximum atomic E-state index is 12.2. The van der Waals surface area contributed by atoms with E-state index in [1.807, 2.05) is 104 Å². The Morgan fingerprint density at radius 3 is 1.15 bits per heavy atom. The van der Waals surface area contributed by atoms with E-state index in [0.717, 1.165) is 28.2 Å². The number of hydrogen-bond donors (Lipinski definition) is 0. The predicted molar refractivity (Wildman–Crippen MR) is 220 cm³/mol. The summed E-state index contributed by atoms with van der Waals surface area (Å²) in [5.74, 6) is 2.05. The Balaban J connectivity index is 0.000000315. The van der Waals surface area contributed by atoms with Crippen LogP contribution in [0, 0.1) is 26.7 Å². The minimum atomic E-state index is -0.343. The van der Waals surface area contributed by atoms with Crippen molar-refractivity contribution in [2.75, 3.05) is 0 Å². The van der Waals surface area contributed by atoms with Crippen LogP contribution >= 0.6 is 0 Å². The van der Waals surface area contributed by atoms with Gasteiger partial charge in [-0.15, -0.1) is 0 Å². The molecule has 0 aromatic heterocycles. The molecular weight excluding hydrogens is 641 g/mol. The molecule has 0 unspecified atom stereocenters. The van der Waals surface area contributed by atoms with Crippen LogP contribution < -0.4 is 9.47 Å². The summed E-state index contributed by atoms with van der Waals surface area (Å²) in [6.45, 7) is 20.4. The second-order valence-corrected chi connectivity index (χ2v) is 12.4. The zero-order valence-corrected chi connectivity index (χ0v) is 33.2. The fourth-order valence-electron chi connectivity index (χ4n) is 5.57. The average Bonchev–Trinajstić information content (AvgIpc) is 3.19. The number of carbonyl (C=O) groups is 2. The van der Waals surface area contributed by atoms with Crippen molar-refractivity contribution < 1.29 is 19.1 Å². The van der Waals surface area contributed by atoms with Gasteiger partial charge >= 0.3 is 11.9 Å². The van der Waals surface area contributed by atoms with Crippen molar-refractivity contribution >= 4 is 11.9 Å². The Labute approximate surface area is 314 Å². The molecule has 276 valence electrons. The Hall–Kier alpha value is -4.96. The van der Waals surface area contributed by atoms with E-state index in [2.05, 4.69) is 50.2 Å². The number of aryl methyl sites for hydroxylation is 3. The van der Waals surface area contributed by atoms with E-state index in [-0.39, 0.29) is 11.9 Å². The number of ether oxygens (including phenoxy) is 2. The van der Waals surface area contributed by atoms with Crippen LogP contribution in [0.5, 0.6) is 11.5 Å². The molecule has 0 atom stereocenters. The van der Waals surface area contributed by atoms with E-state index in [0.29, 0.717) is 28.5 Å². The standard InChI is InChI=1S/C21H18O2.C21H24O2.3C2H6/c1-15-3-7-17(8-4-15)18-9-11-19(12-10-18)21(22)23-20-13-5-16(2)6-14-20;1-15-3-7-17(8-4-15)18-11-13-20(14-12-18)23-21(22)19-9-5-16(2)6-10-19;3*1-2/h3-14H,1-2H3;5-6,9-15,17H,3-4,7-8H2,1-2H3;3*1-2H3. The van der Waals surface area contributed by atoms with E-state index in [9.17, 15) is 9.59 Å². The molecule has 1 fully saturated rings. The zero-order chi connectivity index (χ0) is 38.5. The molecule has 1 saturated carbocycles. The monoisotopic (exact) mass is 700 g/mol. The number of rotatable bonds is 6. The molecule has 0 amide bonds.